The molecular weight excluding hydrogens is 342 g/mol. The molecule has 6 heteroatoms. The van der Waals surface area contributed by atoms with Gasteiger partial charge in [-0.2, -0.15) is 0 Å². The van der Waals surface area contributed by atoms with Crippen molar-refractivity contribution in [2.45, 2.75) is 20.5 Å². The van der Waals surface area contributed by atoms with E-state index in [9.17, 15) is 9.59 Å². The number of esters is 1. The molecular formula is C19H16ClNO4. The van der Waals surface area contributed by atoms with Crippen LogP contribution >= 0.6 is 11.6 Å². The summed E-state index contributed by atoms with van der Waals surface area (Å²) < 4.78 is 10.6. The van der Waals surface area contributed by atoms with E-state index in [0.29, 0.717) is 16.2 Å². The summed E-state index contributed by atoms with van der Waals surface area (Å²) in [5, 5.41) is 1.17. The number of aryl methyl sites for hydroxylation is 2. The van der Waals surface area contributed by atoms with E-state index in [1.807, 2.05) is 19.9 Å². The van der Waals surface area contributed by atoms with Crippen LogP contribution in [0, 0.1) is 13.8 Å². The summed E-state index contributed by atoms with van der Waals surface area (Å²) in [7, 11) is 0. The molecule has 1 heterocycles. The van der Waals surface area contributed by atoms with E-state index >= 15 is 0 Å². The molecule has 0 aliphatic heterocycles. The molecule has 0 atom stereocenters. The topological polar surface area (TPSA) is 82.5 Å². The Kier molecular flexibility index (Phi) is 4.51. The van der Waals surface area contributed by atoms with Crippen LogP contribution in [-0.2, 0) is 11.3 Å². The average Bonchev–Trinajstić information content (AvgIpc) is 2.54. The summed E-state index contributed by atoms with van der Waals surface area (Å²) in [4.78, 5) is 24.0. The molecule has 0 aliphatic carbocycles. The average molecular weight is 358 g/mol. The first-order valence-electron chi connectivity index (χ1n) is 7.61. The van der Waals surface area contributed by atoms with Gasteiger partial charge in [0.1, 0.15) is 12.2 Å². The first-order valence-corrected chi connectivity index (χ1v) is 7.99. The number of benzene rings is 2. The van der Waals surface area contributed by atoms with E-state index in [1.165, 1.54) is 18.2 Å². The number of nitrogen functional groups attached to an aromatic ring is 1. The SMILES string of the molecule is Cc1cc2oc(=O)cc(COC(=O)c3ccc(Cl)cc3N)c2cc1C. The quantitative estimate of drug-likeness (QED) is 0.435. The highest BCUT2D eigenvalue weighted by atomic mass is 35.5. The third-order valence-corrected chi connectivity index (χ3v) is 4.27. The van der Waals surface area contributed by atoms with Crippen LogP contribution in [0.15, 0.2) is 45.6 Å². The Morgan fingerprint density at radius 2 is 1.88 bits per heavy atom. The number of halogens is 1. The number of anilines is 1. The van der Waals surface area contributed by atoms with Gasteiger partial charge >= 0.3 is 11.6 Å². The normalized spacial score (nSPS) is 10.8. The van der Waals surface area contributed by atoms with Gasteiger partial charge in [0.05, 0.1) is 5.56 Å². The van der Waals surface area contributed by atoms with Crippen molar-refractivity contribution < 1.29 is 13.9 Å². The van der Waals surface area contributed by atoms with Crippen molar-refractivity contribution in [3.8, 4) is 0 Å². The maximum atomic E-state index is 12.2. The first-order chi connectivity index (χ1) is 11.8. The van der Waals surface area contributed by atoms with Gasteiger partial charge in [-0.1, -0.05) is 11.6 Å². The van der Waals surface area contributed by atoms with Crippen LogP contribution in [0.5, 0.6) is 0 Å². The number of nitrogens with two attached hydrogens (primary N) is 1. The molecule has 1 aromatic heterocycles. The molecule has 128 valence electrons. The predicted octanol–water partition coefficient (Wildman–Crippen LogP) is 4.00. The number of carbonyl (C=O) groups excluding carboxylic acids is 1. The van der Waals surface area contributed by atoms with E-state index in [1.54, 1.807) is 12.1 Å². The summed E-state index contributed by atoms with van der Waals surface area (Å²) in [6, 6.07) is 9.59. The highest BCUT2D eigenvalue weighted by Crippen LogP contribution is 2.23. The summed E-state index contributed by atoms with van der Waals surface area (Å²) >= 11 is 5.83. The molecule has 3 rings (SSSR count). The molecule has 5 nitrogen and oxygen atoms in total. The molecule has 3 aromatic rings. The molecule has 2 N–H and O–H groups in total. The standard InChI is InChI=1S/C19H16ClNO4/c1-10-5-15-12(7-18(22)25-17(15)6-11(10)2)9-24-19(23)14-4-3-13(20)8-16(14)21/h3-8H,9,21H2,1-2H3. The third kappa shape index (κ3) is 3.51. The van der Waals surface area contributed by atoms with Gasteiger partial charge in [-0.3, -0.25) is 0 Å². The zero-order chi connectivity index (χ0) is 18.1. The van der Waals surface area contributed by atoms with Gasteiger partial charge in [-0.05, 0) is 55.3 Å². The number of hydrogen-bond acceptors (Lipinski definition) is 5. The summed E-state index contributed by atoms with van der Waals surface area (Å²) in [5.74, 6) is -0.584. The lowest BCUT2D eigenvalue weighted by Gasteiger charge is -2.10. The smallest absolute Gasteiger partial charge is 0.340 e. The number of fused-ring (bicyclic) bond motifs is 1. The van der Waals surface area contributed by atoms with Gasteiger partial charge in [0.25, 0.3) is 0 Å². The minimum absolute atomic E-state index is 0.0640. The lowest BCUT2D eigenvalue weighted by Crippen LogP contribution is -2.10. The van der Waals surface area contributed by atoms with E-state index in [2.05, 4.69) is 0 Å². The minimum atomic E-state index is -0.584. The van der Waals surface area contributed by atoms with Crippen molar-refractivity contribution >= 4 is 34.2 Å². The van der Waals surface area contributed by atoms with E-state index in [4.69, 9.17) is 26.5 Å². The molecule has 0 aliphatic rings. The Bertz CT molecular complexity index is 1040. The van der Waals surface area contributed by atoms with Crippen LogP contribution < -0.4 is 11.4 Å². The van der Waals surface area contributed by atoms with Gasteiger partial charge in [0.2, 0.25) is 0 Å². The van der Waals surface area contributed by atoms with Crippen molar-refractivity contribution in [2.24, 2.45) is 0 Å². The molecule has 0 spiro atoms. The van der Waals surface area contributed by atoms with E-state index in [0.717, 1.165) is 16.5 Å². The molecule has 0 saturated carbocycles. The van der Waals surface area contributed by atoms with Crippen LogP contribution in [-0.4, -0.2) is 5.97 Å². The van der Waals surface area contributed by atoms with E-state index in [-0.39, 0.29) is 17.9 Å². The second-order valence-corrected chi connectivity index (χ2v) is 6.27. The van der Waals surface area contributed by atoms with Crippen molar-refractivity contribution in [3.63, 3.8) is 0 Å². The van der Waals surface area contributed by atoms with Crippen LogP contribution in [0.1, 0.15) is 27.0 Å². The summed E-state index contributed by atoms with van der Waals surface area (Å²) in [5.41, 5.74) is 8.87. The molecule has 0 amide bonds. The van der Waals surface area contributed by atoms with Crippen molar-refractivity contribution in [3.05, 3.63) is 74.1 Å². The Hall–Kier alpha value is -2.79. The van der Waals surface area contributed by atoms with Crippen LogP contribution in [0.2, 0.25) is 5.02 Å². The molecule has 0 fully saturated rings. The second-order valence-electron chi connectivity index (χ2n) is 5.83. The van der Waals surface area contributed by atoms with Gasteiger partial charge in [-0.25, -0.2) is 9.59 Å². The fraction of sp³-hybridized carbons (Fsp3) is 0.158. The number of rotatable bonds is 3. The van der Waals surface area contributed by atoms with Crippen LogP contribution in [0.4, 0.5) is 5.69 Å². The highest BCUT2D eigenvalue weighted by molar-refractivity contribution is 6.31. The maximum absolute atomic E-state index is 12.2. The van der Waals surface area contributed by atoms with Crippen molar-refractivity contribution in [2.75, 3.05) is 5.73 Å². The van der Waals surface area contributed by atoms with Crippen LogP contribution in [0.3, 0.4) is 0 Å². The van der Waals surface area contributed by atoms with E-state index < -0.39 is 11.6 Å². The highest BCUT2D eigenvalue weighted by Gasteiger charge is 2.14. The Balaban J connectivity index is 1.91. The molecule has 0 radical (unpaired) electrons. The number of ether oxygens (including phenoxy) is 1. The fourth-order valence-corrected chi connectivity index (χ4v) is 2.72. The Morgan fingerprint density at radius 3 is 2.60 bits per heavy atom. The molecule has 0 unspecified atom stereocenters. The van der Waals surface area contributed by atoms with Crippen molar-refractivity contribution in [1.82, 2.24) is 0 Å². The first kappa shape index (κ1) is 17.0. The Labute approximate surface area is 149 Å². The molecule has 0 saturated heterocycles. The lowest BCUT2D eigenvalue weighted by atomic mass is 10.0. The number of carbonyl (C=O) groups is 1. The predicted molar refractivity (Wildman–Crippen MR) is 96.9 cm³/mol. The van der Waals surface area contributed by atoms with Gasteiger partial charge < -0.3 is 14.9 Å². The largest absolute Gasteiger partial charge is 0.457 e. The zero-order valence-corrected chi connectivity index (χ0v) is 14.5. The van der Waals surface area contributed by atoms with Gasteiger partial charge in [-0.15, -0.1) is 0 Å². The monoisotopic (exact) mass is 357 g/mol. The summed E-state index contributed by atoms with van der Waals surface area (Å²) in [6.45, 7) is 3.83. The molecule has 0 bridgehead atoms. The fourth-order valence-electron chi connectivity index (χ4n) is 2.54. The lowest BCUT2D eigenvalue weighted by molar-refractivity contribution is 0.0475. The van der Waals surface area contributed by atoms with Gasteiger partial charge in [0.15, 0.2) is 0 Å². The minimum Gasteiger partial charge on any atom is -0.457 e. The number of hydrogen-bond donors (Lipinski definition) is 1. The summed E-state index contributed by atoms with van der Waals surface area (Å²) in [6.07, 6.45) is 0. The zero-order valence-electron chi connectivity index (χ0n) is 13.8. The van der Waals surface area contributed by atoms with Crippen molar-refractivity contribution in [1.29, 1.82) is 0 Å². The molecule has 2 aromatic carbocycles. The maximum Gasteiger partial charge on any atom is 0.340 e. The second kappa shape index (κ2) is 6.61. The third-order valence-electron chi connectivity index (χ3n) is 4.04. The molecule has 25 heavy (non-hydrogen) atoms. The van der Waals surface area contributed by atoms with Gasteiger partial charge in [0, 0.05) is 27.7 Å². The van der Waals surface area contributed by atoms with Crippen LogP contribution in [0.25, 0.3) is 11.0 Å². The Morgan fingerprint density at radius 1 is 1.16 bits per heavy atom.